The van der Waals surface area contributed by atoms with Crippen molar-refractivity contribution in [2.45, 2.75) is 33.5 Å². The third kappa shape index (κ3) is 4.86. The number of halogens is 3. The molecule has 0 aliphatic rings. The molecule has 10 heteroatoms. The fourth-order valence-electron chi connectivity index (χ4n) is 3.67. The summed E-state index contributed by atoms with van der Waals surface area (Å²) in [4.78, 5) is 27.8. The highest BCUT2D eigenvalue weighted by Crippen LogP contribution is 2.30. The van der Waals surface area contributed by atoms with Gasteiger partial charge in [0.05, 0.1) is 23.5 Å². The number of aromatic nitrogens is 3. The molecule has 2 aromatic heterocycles. The molecule has 0 atom stereocenters. The van der Waals surface area contributed by atoms with Crippen LogP contribution in [0.4, 0.5) is 18.9 Å². The van der Waals surface area contributed by atoms with Crippen LogP contribution in [0.3, 0.4) is 0 Å². The number of para-hydroxylation sites is 1. The van der Waals surface area contributed by atoms with Gasteiger partial charge in [0.1, 0.15) is 5.76 Å². The Hall–Kier alpha value is -4.21. The van der Waals surface area contributed by atoms with Gasteiger partial charge in [-0.25, -0.2) is 4.68 Å². The molecule has 1 amide bonds. The largest absolute Gasteiger partial charge is 0.416 e. The van der Waals surface area contributed by atoms with Gasteiger partial charge in [-0.1, -0.05) is 29.4 Å². The molecule has 0 aliphatic heterocycles. The number of benzene rings is 2. The van der Waals surface area contributed by atoms with Crippen LogP contribution in [0.25, 0.3) is 5.69 Å². The minimum absolute atomic E-state index is 0.0581. The Bertz CT molecular complexity index is 1420. The molecule has 180 valence electrons. The number of aryl methyl sites for hydroxylation is 3. The smallest absolute Gasteiger partial charge is 0.361 e. The van der Waals surface area contributed by atoms with E-state index in [1.54, 1.807) is 44.2 Å². The van der Waals surface area contributed by atoms with E-state index < -0.39 is 28.8 Å². The second-order valence-electron chi connectivity index (χ2n) is 7.99. The normalized spacial score (nSPS) is 11.5. The van der Waals surface area contributed by atoms with E-state index in [0.29, 0.717) is 22.7 Å². The minimum atomic E-state index is -4.56. The first-order valence-corrected chi connectivity index (χ1v) is 10.6. The molecule has 35 heavy (non-hydrogen) atoms. The average Bonchev–Trinajstić information content (AvgIpc) is 3.14. The molecule has 0 aliphatic carbocycles. The summed E-state index contributed by atoms with van der Waals surface area (Å²) in [6.45, 7) is 5.04. The molecule has 0 fully saturated rings. The van der Waals surface area contributed by atoms with Crippen LogP contribution < -0.4 is 10.3 Å². The van der Waals surface area contributed by atoms with Crippen molar-refractivity contribution in [2.24, 2.45) is 0 Å². The SMILES string of the molecule is Cc1noc(C)c1CN(C(=O)c1nn(-c2cccc(C(F)(F)F)c2)c(C)cc1=O)c1ccccc1. The summed E-state index contributed by atoms with van der Waals surface area (Å²) < 4.78 is 46.1. The van der Waals surface area contributed by atoms with Gasteiger partial charge in [0.15, 0.2) is 5.69 Å². The zero-order chi connectivity index (χ0) is 25.3. The highest BCUT2D eigenvalue weighted by molar-refractivity contribution is 6.04. The first kappa shape index (κ1) is 23.9. The lowest BCUT2D eigenvalue weighted by Crippen LogP contribution is -2.36. The van der Waals surface area contributed by atoms with Gasteiger partial charge < -0.3 is 9.42 Å². The van der Waals surface area contributed by atoms with Gasteiger partial charge >= 0.3 is 6.18 Å². The predicted octanol–water partition coefficient (Wildman–Crippen LogP) is 5.01. The maximum absolute atomic E-state index is 13.7. The van der Waals surface area contributed by atoms with Gasteiger partial charge in [0.2, 0.25) is 5.43 Å². The molecule has 0 spiro atoms. The molecule has 2 aromatic carbocycles. The third-order valence-electron chi connectivity index (χ3n) is 5.54. The Labute approximate surface area is 198 Å². The molecule has 0 radical (unpaired) electrons. The Morgan fingerprint density at radius 1 is 1.03 bits per heavy atom. The number of hydrogen-bond acceptors (Lipinski definition) is 5. The van der Waals surface area contributed by atoms with E-state index in [0.717, 1.165) is 16.8 Å². The molecule has 7 nitrogen and oxygen atoms in total. The van der Waals surface area contributed by atoms with Crippen LogP contribution in [-0.2, 0) is 12.7 Å². The summed E-state index contributed by atoms with van der Waals surface area (Å²) in [6.07, 6.45) is -4.56. The van der Waals surface area contributed by atoms with E-state index in [1.165, 1.54) is 30.0 Å². The van der Waals surface area contributed by atoms with Gasteiger partial charge in [-0.15, -0.1) is 0 Å². The molecular weight excluding hydrogens is 461 g/mol. The number of carbonyl (C=O) groups excluding carboxylic acids is 1. The number of hydrogen-bond donors (Lipinski definition) is 0. The fraction of sp³-hybridized carbons (Fsp3) is 0.200. The maximum atomic E-state index is 13.7. The molecule has 2 heterocycles. The zero-order valence-electron chi connectivity index (χ0n) is 19.1. The van der Waals surface area contributed by atoms with E-state index in [1.807, 2.05) is 0 Å². The standard InChI is InChI=1S/C25H21F3N4O3/c1-15-12-22(33)23(29-32(15)20-11-7-8-18(13-20)25(26,27)28)24(34)31(19-9-5-4-6-10-19)14-21-16(2)30-35-17(21)3/h4-13H,14H2,1-3H3. The van der Waals surface area contributed by atoms with E-state index >= 15 is 0 Å². The second-order valence-corrected chi connectivity index (χ2v) is 7.99. The molecular formula is C25H21F3N4O3. The summed E-state index contributed by atoms with van der Waals surface area (Å²) in [5, 5.41) is 8.11. The predicted molar refractivity (Wildman–Crippen MR) is 123 cm³/mol. The summed E-state index contributed by atoms with van der Waals surface area (Å²) in [6, 6.07) is 14.4. The molecule has 4 rings (SSSR count). The van der Waals surface area contributed by atoms with Crippen molar-refractivity contribution in [3.63, 3.8) is 0 Å². The highest BCUT2D eigenvalue weighted by atomic mass is 19.4. The maximum Gasteiger partial charge on any atom is 0.416 e. The van der Waals surface area contributed by atoms with Crippen molar-refractivity contribution in [1.82, 2.24) is 14.9 Å². The van der Waals surface area contributed by atoms with E-state index in [4.69, 9.17) is 4.52 Å². The van der Waals surface area contributed by atoms with Crippen molar-refractivity contribution in [2.75, 3.05) is 4.90 Å². The van der Waals surface area contributed by atoms with Gasteiger partial charge in [-0.05, 0) is 51.1 Å². The third-order valence-corrected chi connectivity index (χ3v) is 5.54. The topological polar surface area (TPSA) is 81.2 Å². The lowest BCUT2D eigenvalue weighted by Gasteiger charge is -2.23. The van der Waals surface area contributed by atoms with Crippen LogP contribution in [0.15, 0.2) is 70.0 Å². The molecule has 0 saturated carbocycles. The van der Waals surface area contributed by atoms with E-state index in [-0.39, 0.29) is 17.9 Å². The van der Waals surface area contributed by atoms with Crippen LogP contribution in [-0.4, -0.2) is 20.8 Å². The van der Waals surface area contributed by atoms with Gasteiger partial charge in [-0.2, -0.15) is 18.3 Å². The highest BCUT2D eigenvalue weighted by Gasteiger charge is 2.31. The number of rotatable bonds is 5. The van der Waals surface area contributed by atoms with Crippen LogP contribution in [0.1, 0.15) is 38.8 Å². The first-order chi connectivity index (χ1) is 16.6. The van der Waals surface area contributed by atoms with Crippen LogP contribution in [0, 0.1) is 20.8 Å². The summed E-state index contributed by atoms with van der Waals surface area (Å²) >= 11 is 0. The Morgan fingerprint density at radius 2 is 1.74 bits per heavy atom. The monoisotopic (exact) mass is 482 g/mol. The summed E-state index contributed by atoms with van der Waals surface area (Å²) in [5.41, 5.74) is 0.184. The van der Waals surface area contributed by atoms with Crippen LogP contribution in [0.2, 0.25) is 0 Å². The summed E-state index contributed by atoms with van der Waals surface area (Å²) in [5.74, 6) is -0.184. The lowest BCUT2D eigenvalue weighted by molar-refractivity contribution is -0.137. The van der Waals surface area contributed by atoms with Gasteiger partial charge in [0, 0.05) is 23.0 Å². The lowest BCUT2D eigenvalue weighted by atomic mass is 10.1. The van der Waals surface area contributed by atoms with Crippen molar-refractivity contribution in [3.8, 4) is 5.69 Å². The molecule has 0 N–H and O–H groups in total. The van der Waals surface area contributed by atoms with E-state index in [9.17, 15) is 22.8 Å². The molecule has 0 bridgehead atoms. The van der Waals surface area contributed by atoms with Crippen molar-refractivity contribution in [3.05, 3.63) is 105 Å². The molecule has 0 unspecified atom stereocenters. The summed E-state index contributed by atoms with van der Waals surface area (Å²) in [7, 11) is 0. The Kier molecular flexibility index (Phi) is 6.29. The van der Waals surface area contributed by atoms with Gasteiger partial charge in [0.25, 0.3) is 5.91 Å². The Morgan fingerprint density at radius 3 is 2.37 bits per heavy atom. The number of alkyl halides is 3. The quantitative estimate of drug-likeness (QED) is 0.399. The van der Waals surface area contributed by atoms with Crippen LogP contribution >= 0.6 is 0 Å². The molecule has 4 aromatic rings. The van der Waals surface area contributed by atoms with Crippen molar-refractivity contribution >= 4 is 11.6 Å². The van der Waals surface area contributed by atoms with Crippen molar-refractivity contribution < 1.29 is 22.5 Å². The fourth-order valence-corrected chi connectivity index (χ4v) is 3.67. The van der Waals surface area contributed by atoms with E-state index in [2.05, 4.69) is 10.3 Å². The average molecular weight is 482 g/mol. The number of carbonyl (C=O) groups is 1. The second kappa shape index (κ2) is 9.21. The van der Waals surface area contributed by atoms with Crippen molar-refractivity contribution in [1.29, 1.82) is 0 Å². The zero-order valence-corrected chi connectivity index (χ0v) is 19.1. The van der Waals surface area contributed by atoms with Gasteiger partial charge in [-0.3, -0.25) is 9.59 Å². The molecule has 0 saturated heterocycles. The number of anilines is 1. The number of amides is 1. The van der Waals surface area contributed by atoms with Crippen LogP contribution in [0.5, 0.6) is 0 Å². The minimum Gasteiger partial charge on any atom is -0.361 e. The number of nitrogens with zero attached hydrogens (tertiary/aromatic N) is 4. The Balaban J connectivity index is 1.82. The first-order valence-electron chi connectivity index (χ1n) is 10.6.